The van der Waals surface area contributed by atoms with Crippen molar-refractivity contribution in [3.63, 3.8) is 0 Å². The molecule has 1 heterocycles. The summed E-state index contributed by atoms with van der Waals surface area (Å²) in [5.41, 5.74) is 1.06. The van der Waals surface area contributed by atoms with Crippen LogP contribution >= 0.6 is 0 Å². The van der Waals surface area contributed by atoms with Crippen LogP contribution in [0.4, 0.5) is 0 Å². The maximum atomic E-state index is 11.2. The molecular formula is C14H18O4. The number of hydrogen-bond donors (Lipinski definition) is 1. The second-order valence-corrected chi connectivity index (χ2v) is 4.68. The van der Waals surface area contributed by atoms with Crippen LogP contribution in [0.25, 0.3) is 0 Å². The van der Waals surface area contributed by atoms with Gasteiger partial charge in [-0.3, -0.25) is 4.79 Å². The van der Waals surface area contributed by atoms with Gasteiger partial charge in [0.15, 0.2) is 0 Å². The quantitative estimate of drug-likeness (QED) is 0.805. The maximum absolute atomic E-state index is 11.2. The van der Waals surface area contributed by atoms with E-state index in [0.717, 1.165) is 5.56 Å². The van der Waals surface area contributed by atoms with Crippen LogP contribution in [0.5, 0.6) is 0 Å². The second kappa shape index (κ2) is 5.98. The molecule has 4 heteroatoms. The van der Waals surface area contributed by atoms with Gasteiger partial charge in [0, 0.05) is 6.42 Å². The lowest BCUT2D eigenvalue weighted by molar-refractivity contribution is -0.149. The van der Waals surface area contributed by atoms with Crippen LogP contribution in [0, 0.1) is 5.92 Å². The van der Waals surface area contributed by atoms with E-state index in [1.165, 1.54) is 0 Å². The fourth-order valence-corrected chi connectivity index (χ4v) is 1.97. The first-order valence-corrected chi connectivity index (χ1v) is 6.17. The molecule has 4 nitrogen and oxygen atoms in total. The van der Waals surface area contributed by atoms with E-state index in [9.17, 15) is 9.90 Å². The lowest BCUT2D eigenvalue weighted by Crippen LogP contribution is -2.30. The van der Waals surface area contributed by atoms with Crippen LogP contribution in [0.1, 0.15) is 18.9 Å². The molecule has 0 bridgehead atoms. The summed E-state index contributed by atoms with van der Waals surface area (Å²) in [5, 5.41) is 9.86. The van der Waals surface area contributed by atoms with Crippen LogP contribution in [0.2, 0.25) is 0 Å². The van der Waals surface area contributed by atoms with Crippen molar-refractivity contribution in [3.8, 4) is 0 Å². The average molecular weight is 250 g/mol. The average Bonchev–Trinajstić information content (AvgIpc) is 2.71. The molecule has 98 valence electrons. The van der Waals surface area contributed by atoms with Gasteiger partial charge in [-0.1, -0.05) is 37.3 Å². The van der Waals surface area contributed by atoms with Gasteiger partial charge in [0.25, 0.3) is 0 Å². The fourth-order valence-electron chi connectivity index (χ4n) is 1.97. The molecular weight excluding hydrogens is 232 g/mol. The summed E-state index contributed by atoms with van der Waals surface area (Å²) >= 11 is 0. The zero-order valence-corrected chi connectivity index (χ0v) is 10.4. The van der Waals surface area contributed by atoms with E-state index in [2.05, 4.69) is 0 Å². The Balaban J connectivity index is 1.72. The number of aliphatic hydroxyl groups is 1. The van der Waals surface area contributed by atoms with E-state index in [1.807, 2.05) is 30.3 Å². The molecule has 1 aromatic rings. The number of rotatable bonds is 5. The zero-order chi connectivity index (χ0) is 13.0. The highest BCUT2D eigenvalue weighted by Crippen LogP contribution is 2.23. The third-order valence-electron chi connectivity index (χ3n) is 3.09. The van der Waals surface area contributed by atoms with Gasteiger partial charge in [-0.2, -0.15) is 0 Å². The molecule has 0 spiro atoms. The Hall–Kier alpha value is -1.39. The molecule has 2 rings (SSSR count). The van der Waals surface area contributed by atoms with Gasteiger partial charge in [-0.05, 0) is 5.56 Å². The number of aliphatic hydroxyl groups excluding tert-OH is 1. The number of benzene rings is 1. The minimum atomic E-state index is -0.748. The highest BCUT2D eigenvalue weighted by molar-refractivity contribution is 5.74. The molecule has 1 fully saturated rings. The van der Waals surface area contributed by atoms with Gasteiger partial charge >= 0.3 is 5.97 Å². The molecule has 1 saturated heterocycles. The van der Waals surface area contributed by atoms with Crippen molar-refractivity contribution in [2.75, 3.05) is 6.61 Å². The van der Waals surface area contributed by atoms with E-state index in [0.29, 0.717) is 13.0 Å². The summed E-state index contributed by atoms with van der Waals surface area (Å²) < 4.78 is 10.5. The third kappa shape index (κ3) is 3.31. The highest BCUT2D eigenvalue weighted by atomic mass is 16.6. The maximum Gasteiger partial charge on any atom is 0.309 e. The first kappa shape index (κ1) is 13.1. The van der Waals surface area contributed by atoms with Crippen molar-refractivity contribution < 1.29 is 19.4 Å². The molecule has 1 aliphatic rings. The molecule has 3 unspecified atom stereocenters. The summed E-state index contributed by atoms with van der Waals surface area (Å²) in [5.74, 6) is -0.360. The lowest BCUT2D eigenvalue weighted by Gasteiger charge is -2.16. The number of esters is 1. The third-order valence-corrected chi connectivity index (χ3v) is 3.09. The van der Waals surface area contributed by atoms with Gasteiger partial charge in [0.2, 0.25) is 0 Å². The predicted octanol–water partition coefficient (Wildman–Crippen LogP) is 1.52. The van der Waals surface area contributed by atoms with Gasteiger partial charge in [0.05, 0.1) is 19.1 Å². The van der Waals surface area contributed by atoms with Crippen molar-refractivity contribution in [2.24, 2.45) is 5.92 Å². The van der Waals surface area contributed by atoms with E-state index in [1.54, 1.807) is 6.92 Å². The van der Waals surface area contributed by atoms with Crippen molar-refractivity contribution in [1.82, 2.24) is 0 Å². The molecule has 0 radical (unpaired) electrons. The molecule has 1 aromatic carbocycles. The van der Waals surface area contributed by atoms with Crippen molar-refractivity contribution in [2.45, 2.75) is 32.2 Å². The van der Waals surface area contributed by atoms with Gasteiger partial charge in [0.1, 0.15) is 12.2 Å². The number of hydrogen-bond acceptors (Lipinski definition) is 4. The van der Waals surface area contributed by atoms with Crippen LogP contribution in [0.15, 0.2) is 30.3 Å². The zero-order valence-electron chi connectivity index (χ0n) is 10.4. The Morgan fingerprint density at radius 1 is 1.44 bits per heavy atom. The molecule has 0 aromatic heterocycles. The first-order chi connectivity index (χ1) is 8.66. The van der Waals surface area contributed by atoms with E-state index < -0.39 is 12.2 Å². The smallest absolute Gasteiger partial charge is 0.309 e. The molecule has 0 saturated carbocycles. The van der Waals surface area contributed by atoms with Crippen LogP contribution < -0.4 is 0 Å². The Morgan fingerprint density at radius 2 is 2.17 bits per heavy atom. The number of carbonyl (C=O) groups excluding carboxylic acids is 1. The first-order valence-electron chi connectivity index (χ1n) is 6.17. The van der Waals surface area contributed by atoms with E-state index in [-0.39, 0.29) is 18.5 Å². The molecule has 1 aliphatic heterocycles. The van der Waals surface area contributed by atoms with Crippen LogP contribution in [-0.4, -0.2) is 29.9 Å². The lowest BCUT2D eigenvalue weighted by atomic mass is 10.0. The predicted molar refractivity (Wildman–Crippen MR) is 65.8 cm³/mol. The molecule has 18 heavy (non-hydrogen) atoms. The molecule has 0 aliphatic carbocycles. The number of cyclic esters (lactones) is 1. The topological polar surface area (TPSA) is 55.8 Å². The Morgan fingerprint density at radius 3 is 2.78 bits per heavy atom. The molecule has 0 amide bonds. The van der Waals surface area contributed by atoms with Crippen LogP contribution in [0.3, 0.4) is 0 Å². The Labute approximate surface area is 107 Å². The summed E-state index contributed by atoms with van der Waals surface area (Å²) in [6.45, 7) is 2.44. The molecule has 1 N–H and O–H groups in total. The SMILES string of the molecule is CC1CC(C(O)COCc2ccccc2)OC1=O. The van der Waals surface area contributed by atoms with Crippen molar-refractivity contribution in [3.05, 3.63) is 35.9 Å². The number of carbonyl (C=O) groups is 1. The Bertz CT molecular complexity index is 390. The molecule has 3 atom stereocenters. The van der Waals surface area contributed by atoms with E-state index in [4.69, 9.17) is 9.47 Å². The number of ether oxygens (including phenoxy) is 2. The summed E-state index contributed by atoms with van der Waals surface area (Å²) in [6.07, 6.45) is -0.611. The second-order valence-electron chi connectivity index (χ2n) is 4.68. The largest absolute Gasteiger partial charge is 0.459 e. The summed E-state index contributed by atoms with van der Waals surface area (Å²) in [4.78, 5) is 11.2. The van der Waals surface area contributed by atoms with Crippen molar-refractivity contribution >= 4 is 5.97 Å². The highest BCUT2D eigenvalue weighted by Gasteiger charge is 2.35. The van der Waals surface area contributed by atoms with Gasteiger partial charge in [-0.15, -0.1) is 0 Å². The van der Waals surface area contributed by atoms with Crippen molar-refractivity contribution in [1.29, 1.82) is 0 Å². The van der Waals surface area contributed by atoms with Gasteiger partial charge in [-0.25, -0.2) is 0 Å². The summed E-state index contributed by atoms with van der Waals surface area (Å²) in [7, 11) is 0. The van der Waals surface area contributed by atoms with Gasteiger partial charge < -0.3 is 14.6 Å². The Kier molecular flexibility index (Phi) is 4.33. The minimum Gasteiger partial charge on any atom is -0.459 e. The minimum absolute atomic E-state index is 0.126. The monoisotopic (exact) mass is 250 g/mol. The normalized spacial score (nSPS) is 24.9. The van der Waals surface area contributed by atoms with Crippen LogP contribution in [-0.2, 0) is 20.9 Å². The summed E-state index contributed by atoms with van der Waals surface area (Å²) in [6, 6.07) is 9.75. The van der Waals surface area contributed by atoms with E-state index >= 15 is 0 Å². The standard InChI is InChI=1S/C14H18O4/c1-10-7-13(18-14(10)16)12(15)9-17-8-11-5-3-2-4-6-11/h2-6,10,12-13,15H,7-9H2,1H3. The fraction of sp³-hybridized carbons (Fsp3) is 0.500.